The molecular weight excluding hydrogens is 260 g/mol. The van der Waals surface area contributed by atoms with Crippen LogP contribution in [0.5, 0.6) is 0 Å². The zero-order valence-electron chi connectivity index (χ0n) is 11.7. The van der Waals surface area contributed by atoms with Crippen molar-refractivity contribution in [1.82, 2.24) is 4.72 Å². The van der Waals surface area contributed by atoms with E-state index in [2.05, 4.69) is 23.9 Å². The van der Waals surface area contributed by atoms with Crippen LogP contribution in [0.2, 0.25) is 0 Å². The molecule has 106 valence electrons. The Balaban J connectivity index is 2.20. The summed E-state index contributed by atoms with van der Waals surface area (Å²) in [6.07, 6.45) is 1.84. The quantitative estimate of drug-likeness (QED) is 0.871. The summed E-state index contributed by atoms with van der Waals surface area (Å²) in [7, 11) is -3.41. The summed E-state index contributed by atoms with van der Waals surface area (Å²) in [4.78, 5) is 0.366. The van der Waals surface area contributed by atoms with Crippen molar-refractivity contribution in [2.45, 2.75) is 44.6 Å². The van der Waals surface area contributed by atoms with Gasteiger partial charge >= 0.3 is 0 Å². The molecule has 0 fully saturated rings. The Morgan fingerprint density at radius 2 is 2.11 bits per heavy atom. The summed E-state index contributed by atoms with van der Waals surface area (Å²) in [5, 5.41) is 3.23. The van der Waals surface area contributed by atoms with E-state index in [0.29, 0.717) is 10.8 Å². The van der Waals surface area contributed by atoms with Gasteiger partial charge in [0.25, 0.3) is 0 Å². The Bertz CT molecular complexity index is 555. The molecule has 2 atom stereocenters. The van der Waals surface area contributed by atoms with Crippen LogP contribution in [-0.2, 0) is 16.4 Å². The van der Waals surface area contributed by atoms with Gasteiger partial charge in [0, 0.05) is 18.3 Å². The van der Waals surface area contributed by atoms with Gasteiger partial charge in [-0.1, -0.05) is 20.3 Å². The third-order valence-electron chi connectivity index (χ3n) is 3.94. The van der Waals surface area contributed by atoms with E-state index in [0.717, 1.165) is 30.6 Å². The first-order valence-corrected chi connectivity index (χ1v) is 8.31. The molecule has 2 unspecified atom stereocenters. The van der Waals surface area contributed by atoms with Crippen molar-refractivity contribution in [3.8, 4) is 0 Å². The number of hydrogen-bond donors (Lipinski definition) is 2. The fourth-order valence-electron chi connectivity index (χ4n) is 2.23. The Kier molecular flexibility index (Phi) is 4.16. The van der Waals surface area contributed by atoms with E-state index in [1.54, 1.807) is 12.1 Å². The van der Waals surface area contributed by atoms with E-state index in [1.165, 1.54) is 0 Å². The molecule has 0 saturated carbocycles. The van der Waals surface area contributed by atoms with E-state index < -0.39 is 10.0 Å². The Labute approximate surface area is 115 Å². The van der Waals surface area contributed by atoms with Crippen LogP contribution in [0.3, 0.4) is 0 Å². The Morgan fingerprint density at radius 1 is 1.37 bits per heavy atom. The summed E-state index contributed by atoms with van der Waals surface area (Å²) in [6, 6.07) is 5.25. The van der Waals surface area contributed by atoms with E-state index in [-0.39, 0.29) is 6.04 Å². The highest BCUT2D eigenvalue weighted by Crippen LogP contribution is 2.25. The smallest absolute Gasteiger partial charge is 0.240 e. The molecule has 1 aromatic carbocycles. The lowest BCUT2D eigenvalue weighted by atomic mass is 10.0. The molecule has 0 saturated heterocycles. The fraction of sp³-hybridized carbons (Fsp3) is 0.571. The van der Waals surface area contributed by atoms with E-state index in [4.69, 9.17) is 0 Å². The molecule has 0 aromatic heterocycles. The zero-order chi connectivity index (χ0) is 14.0. The molecule has 0 amide bonds. The maximum atomic E-state index is 12.3. The highest BCUT2D eigenvalue weighted by Gasteiger charge is 2.22. The summed E-state index contributed by atoms with van der Waals surface area (Å²) in [6.45, 7) is 6.92. The number of rotatable bonds is 5. The monoisotopic (exact) mass is 282 g/mol. The number of sulfonamides is 1. The van der Waals surface area contributed by atoms with Crippen molar-refractivity contribution < 1.29 is 8.42 Å². The maximum Gasteiger partial charge on any atom is 0.240 e. The molecule has 0 radical (unpaired) electrons. The first-order chi connectivity index (χ1) is 8.94. The fourth-order valence-corrected chi connectivity index (χ4v) is 3.63. The maximum absolute atomic E-state index is 12.3. The van der Waals surface area contributed by atoms with Crippen LogP contribution >= 0.6 is 0 Å². The van der Waals surface area contributed by atoms with Gasteiger partial charge in [0.2, 0.25) is 10.0 Å². The second-order valence-corrected chi connectivity index (χ2v) is 7.01. The molecule has 2 rings (SSSR count). The number of hydrogen-bond acceptors (Lipinski definition) is 3. The number of nitrogens with one attached hydrogen (secondary N) is 2. The largest absolute Gasteiger partial charge is 0.384 e. The average molecular weight is 282 g/mol. The SMILES string of the molecule is CCC(C)C(C)NS(=O)(=O)c1ccc2c(c1)CCN2. The van der Waals surface area contributed by atoms with E-state index >= 15 is 0 Å². The molecule has 0 spiro atoms. The van der Waals surface area contributed by atoms with Crippen LogP contribution in [-0.4, -0.2) is 21.0 Å². The first kappa shape index (κ1) is 14.3. The van der Waals surface area contributed by atoms with Gasteiger partial charge in [-0.25, -0.2) is 13.1 Å². The standard InChI is InChI=1S/C14H22N2O2S/c1-4-10(2)11(3)16-19(17,18)13-5-6-14-12(9-13)7-8-15-14/h5-6,9-11,15-16H,4,7-8H2,1-3H3. The van der Waals surface area contributed by atoms with Gasteiger partial charge in [0.1, 0.15) is 0 Å². The number of benzene rings is 1. The minimum Gasteiger partial charge on any atom is -0.384 e. The lowest BCUT2D eigenvalue weighted by Gasteiger charge is -2.20. The lowest BCUT2D eigenvalue weighted by molar-refractivity contribution is 0.434. The van der Waals surface area contributed by atoms with Gasteiger partial charge in [-0.05, 0) is 43.0 Å². The normalized spacial score (nSPS) is 17.6. The van der Waals surface area contributed by atoms with Crippen molar-refractivity contribution in [2.24, 2.45) is 5.92 Å². The summed E-state index contributed by atoms with van der Waals surface area (Å²) >= 11 is 0. The topological polar surface area (TPSA) is 58.2 Å². The third-order valence-corrected chi connectivity index (χ3v) is 5.49. The lowest BCUT2D eigenvalue weighted by Crippen LogP contribution is -2.36. The molecule has 5 heteroatoms. The molecule has 19 heavy (non-hydrogen) atoms. The van der Waals surface area contributed by atoms with E-state index in [9.17, 15) is 8.42 Å². The summed E-state index contributed by atoms with van der Waals surface area (Å²) in [5.74, 6) is 0.325. The van der Waals surface area contributed by atoms with Crippen LogP contribution in [0.25, 0.3) is 0 Å². The van der Waals surface area contributed by atoms with Crippen molar-refractivity contribution >= 4 is 15.7 Å². The molecular formula is C14H22N2O2S. The third kappa shape index (κ3) is 3.09. The number of fused-ring (bicyclic) bond motifs is 1. The van der Waals surface area contributed by atoms with Crippen molar-refractivity contribution in [3.63, 3.8) is 0 Å². The highest BCUT2D eigenvalue weighted by atomic mass is 32.2. The van der Waals surface area contributed by atoms with Gasteiger partial charge in [-0.2, -0.15) is 0 Å². The first-order valence-electron chi connectivity index (χ1n) is 6.83. The van der Waals surface area contributed by atoms with Crippen molar-refractivity contribution in [2.75, 3.05) is 11.9 Å². The van der Waals surface area contributed by atoms with Gasteiger partial charge < -0.3 is 5.32 Å². The van der Waals surface area contributed by atoms with Gasteiger partial charge in [-0.3, -0.25) is 0 Å². The average Bonchev–Trinajstić information content (AvgIpc) is 2.84. The molecule has 0 aliphatic carbocycles. The molecule has 1 heterocycles. The predicted molar refractivity (Wildman–Crippen MR) is 77.9 cm³/mol. The molecule has 1 aliphatic rings. The predicted octanol–water partition coefficient (Wildman–Crippen LogP) is 2.37. The van der Waals surface area contributed by atoms with Gasteiger partial charge in [0.05, 0.1) is 4.90 Å². The van der Waals surface area contributed by atoms with Crippen molar-refractivity contribution in [3.05, 3.63) is 23.8 Å². The highest BCUT2D eigenvalue weighted by molar-refractivity contribution is 7.89. The van der Waals surface area contributed by atoms with Crippen LogP contribution in [0.1, 0.15) is 32.8 Å². The van der Waals surface area contributed by atoms with Crippen LogP contribution < -0.4 is 10.0 Å². The molecule has 4 nitrogen and oxygen atoms in total. The summed E-state index contributed by atoms with van der Waals surface area (Å²) in [5.41, 5.74) is 2.13. The van der Waals surface area contributed by atoms with Crippen LogP contribution in [0.15, 0.2) is 23.1 Å². The minimum atomic E-state index is -3.41. The molecule has 2 N–H and O–H groups in total. The van der Waals surface area contributed by atoms with Crippen molar-refractivity contribution in [1.29, 1.82) is 0 Å². The van der Waals surface area contributed by atoms with Gasteiger partial charge in [-0.15, -0.1) is 0 Å². The number of anilines is 1. The minimum absolute atomic E-state index is 0.0543. The second-order valence-electron chi connectivity index (χ2n) is 5.29. The molecule has 0 bridgehead atoms. The van der Waals surface area contributed by atoms with Crippen LogP contribution in [0.4, 0.5) is 5.69 Å². The zero-order valence-corrected chi connectivity index (χ0v) is 12.5. The molecule has 1 aliphatic heterocycles. The van der Waals surface area contributed by atoms with E-state index in [1.807, 2.05) is 13.0 Å². The van der Waals surface area contributed by atoms with Gasteiger partial charge in [0.15, 0.2) is 0 Å². The molecule has 1 aromatic rings. The summed E-state index contributed by atoms with van der Waals surface area (Å²) < 4.78 is 27.4. The van der Waals surface area contributed by atoms with Crippen LogP contribution in [0, 0.1) is 5.92 Å². The Morgan fingerprint density at radius 3 is 2.79 bits per heavy atom. The second kappa shape index (κ2) is 5.51. The Hall–Kier alpha value is -1.07.